The number of benzene rings is 1. The molecule has 4 rings (SSSR count). The molecule has 4 heteroatoms. The highest BCUT2D eigenvalue weighted by atomic mass is 16.5. The van der Waals surface area contributed by atoms with E-state index in [0.717, 1.165) is 30.6 Å². The number of piperidine rings is 1. The summed E-state index contributed by atoms with van der Waals surface area (Å²) in [5, 5.41) is 3.65. The number of amides is 1. The van der Waals surface area contributed by atoms with E-state index < -0.39 is 0 Å². The number of carbonyl (C=O) groups excluding carboxylic acids is 1. The van der Waals surface area contributed by atoms with E-state index in [2.05, 4.69) is 5.32 Å². The van der Waals surface area contributed by atoms with Gasteiger partial charge in [-0.1, -0.05) is 18.2 Å². The van der Waals surface area contributed by atoms with Crippen LogP contribution in [-0.4, -0.2) is 42.6 Å². The minimum absolute atomic E-state index is 0.0394. The van der Waals surface area contributed by atoms with Crippen LogP contribution in [0.25, 0.3) is 0 Å². The van der Waals surface area contributed by atoms with Crippen molar-refractivity contribution in [2.24, 2.45) is 0 Å². The Hall–Kier alpha value is -1.55. The molecule has 1 N–H and O–H groups in total. The summed E-state index contributed by atoms with van der Waals surface area (Å²) in [4.78, 5) is 15.1. The Balaban J connectivity index is 1.52. The topological polar surface area (TPSA) is 41.6 Å². The van der Waals surface area contributed by atoms with E-state index in [9.17, 15) is 4.79 Å². The fraction of sp³-hybridized carbons (Fsp3) is 0.611. The lowest BCUT2D eigenvalue weighted by atomic mass is 9.90. The van der Waals surface area contributed by atoms with Gasteiger partial charge in [-0.25, -0.2) is 0 Å². The molecule has 3 heterocycles. The predicted octanol–water partition coefficient (Wildman–Crippen LogP) is 2.29. The Morgan fingerprint density at radius 1 is 1.18 bits per heavy atom. The molecule has 2 fully saturated rings. The Bertz CT molecular complexity index is 562. The maximum atomic E-state index is 13.0. The van der Waals surface area contributed by atoms with E-state index in [1.165, 1.54) is 12.8 Å². The summed E-state index contributed by atoms with van der Waals surface area (Å²) >= 11 is 0. The van der Waals surface area contributed by atoms with Gasteiger partial charge in [0, 0.05) is 30.7 Å². The van der Waals surface area contributed by atoms with E-state index in [1.54, 1.807) is 0 Å². The van der Waals surface area contributed by atoms with Crippen molar-refractivity contribution >= 4 is 5.91 Å². The number of para-hydroxylation sites is 1. The lowest BCUT2D eigenvalue weighted by Gasteiger charge is -2.38. The van der Waals surface area contributed by atoms with Gasteiger partial charge in [-0.15, -0.1) is 0 Å². The van der Waals surface area contributed by atoms with Crippen LogP contribution in [-0.2, 0) is 4.79 Å². The fourth-order valence-electron chi connectivity index (χ4n) is 4.37. The van der Waals surface area contributed by atoms with Gasteiger partial charge in [0.15, 0.2) is 0 Å². The molecule has 3 aliphatic heterocycles. The van der Waals surface area contributed by atoms with Gasteiger partial charge in [0.25, 0.3) is 0 Å². The van der Waals surface area contributed by atoms with Crippen LogP contribution in [0.3, 0.4) is 0 Å². The summed E-state index contributed by atoms with van der Waals surface area (Å²) in [6.45, 7) is 0.638. The Morgan fingerprint density at radius 3 is 2.68 bits per heavy atom. The fourth-order valence-corrected chi connectivity index (χ4v) is 4.37. The van der Waals surface area contributed by atoms with Crippen molar-refractivity contribution in [3.63, 3.8) is 0 Å². The maximum Gasteiger partial charge on any atom is 0.230 e. The number of likely N-dealkylation sites (N-methyl/N-ethyl adjacent to an activating group) is 1. The van der Waals surface area contributed by atoms with Crippen molar-refractivity contribution in [3.8, 4) is 5.75 Å². The minimum Gasteiger partial charge on any atom is -0.493 e. The molecule has 1 aromatic carbocycles. The summed E-state index contributed by atoms with van der Waals surface area (Å²) < 4.78 is 5.69. The zero-order chi connectivity index (χ0) is 15.1. The molecule has 0 aromatic heterocycles. The number of nitrogens with zero attached hydrogens (tertiary/aromatic N) is 1. The van der Waals surface area contributed by atoms with Crippen LogP contribution in [0.1, 0.15) is 43.6 Å². The van der Waals surface area contributed by atoms with Crippen molar-refractivity contribution in [2.45, 2.75) is 56.1 Å². The van der Waals surface area contributed by atoms with Gasteiger partial charge in [-0.05, 0) is 38.2 Å². The first-order chi connectivity index (χ1) is 10.7. The quantitative estimate of drug-likeness (QED) is 0.911. The Morgan fingerprint density at radius 2 is 1.91 bits per heavy atom. The summed E-state index contributed by atoms with van der Waals surface area (Å²) in [6, 6.07) is 9.60. The van der Waals surface area contributed by atoms with Gasteiger partial charge >= 0.3 is 0 Å². The second kappa shape index (κ2) is 5.58. The first-order valence-corrected chi connectivity index (χ1v) is 8.47. The second-order valence-electron chi connectivity index (χ2n) is 6.94. The molecule has 2 saturated heterocycles. The van der Waals surface area contributed by atoms with Crippen molar-refractivity contribution in [1.29, 1.82) is 0 Å². The van der Waals surface area contributed by atoms with Crippen molar-refractivity contribution in [1.82, 2.24) is 10.2 Å². The second-order valence-corrected chi connectivity index (χ2v) is 6.94. The van der Waals surface area contributed by atoms with E-state index >= 15 is 0 Å². The average Bonchev–Trinajstić information content (AvgIpc) is 2.91. The highest BCUT2D eigenvalue weighted by molar-refractivity contribution is 5.85. The number of ether oxygens (including phenoxy) is 1. The number of carbonyl (C=O) groups is 1. The third-order valence-electron chi connectivity index (χ3n) is 5.60. The van der Waals surface area contributed by atoms with E-state index in [0.29, 0.717) is 24.7 Å². The standard InChI is InChI=1S/C18H24N2O2/c1-20(14-10-12-6-7-13(11-14)19-12)18(21)16-8-9-22-17-5-3-2-4-15(16)17/h2-5,12-14,16,19H,6-11H2,1H3. The van der Waals surface area contributed by atoms with Gasteiger partial charge in [0.1, 0.15) is 5.75 Å². The highest BCUT2D eigenvalue weighted by Crippen LogP contribution is 2.36. The van der Waals surface area contributed by atoms with Crippen molar-refractivity contribution in [3.05, 3.63) is 29.8 Å². The number of rotatable bonds is 2. The van der Waals surface area contributed by atoms with Crippen LogP contribution in [0, 0.1) is 0 Å². The van der Waals surface area contributed by atoms with Crippen LogP contribution in [0.5, 0.6) is 5.75 Å². The molecule has 3 unspecified atom stereocenters. The van der Waals surface area contributed by atoms with Crippen LogP contribution < -0.4 is 10.1 Å². The molecule has 1 aromatic rings. The summed E-state index contributed by atoms with van der Waals surface area (Å²) in [5.74, 6) is 1.11. The Labute approximate surface area is 131 Å². The SMILES string of the molecule is CN(C(=O)C1CCOc2ccccc21)C1CC2CCC(C1)N2. The van der Waals surface area contributed by atoms with Crippen LogP contribution >= 0.6 is 0 Å². The first kappa shape index (κ1) is 14.1. The number of hydrogen-bond acceptors (Lipinski definition) is 3. The molecule has 3 atom stereocenters. The molecule has 2 bridgehead atoms. The summed E-state index contributed by atoms with van der Waals surface area (Å²) in [5.41, 5.74) is 1.06. The Kier molecular flexibility index (Phi) is 3.57. The molecule has 0 spiro atoms. The van der Waals surface area contributed by atoms with Gasteiger partial charge in [-0.3, -0.25) is 4.79 Å². The van der Waals surface area contributed by atoms with Crippen LogP contribution in [0.15, 0.2) is 24.3 Å². The molecule has 0 saturated carbocycles. The lowest BCUT2D eigenvalue weighted by molar-refractivity contribution is -0.135. The lowest BCUT2D eigenvalue weighted by Crippen LogP contribution is -2.50. The zero-order valence-electron chi connectivity index (χ0n) is 13.1. The van der Waals surface area contributed by atoms with Gasteiger partial charge in [0.05, 0.1) is 12.5 Å². The molecular formula is C18H24N2O2. The molecule has 118 valence electrons. The number of nitrogens with one attached hydrogen (secondary N) is 1. The third-order valence-corrected chi connectivity index (χ3v) is 5.60. The molecule has 4 nitrogen and oxygen atoms in total. The molecular weight excluding hydrogens is 276 g/mol. The molecule has 1 amide bonds. The molecule has 0 aliphatic carbocycles. The molecule has 3 aliphatic rings. The van der Waals surface area contributed by atoms with E-state index in [1.807, 2.05) is 36.2 Å². The van der Waals surface area contributed by atoms with E-state index in [-0.39, 0.29) is 11.8 Å². The molecule has 22 heavy (non-hydrogen) atoms. The largest absolute Gasteiger partial charge is 0.493 e. The van der Waals surface area contributed by atoms with Crippen molar-refractivity contribution in [2.75, 3.05) is 13.7 Å². The van der Waals surface area contributed by atoms with Crippen LogP contribution in [0.2, 0.25) is 0 Å². The zero-order valence-corrected chi connectivity index (χ0v) is 13.1. The third kappa shape index (κ3) is 2.39. The van der Waals surface area contributed by atoms with Gasteiger partial charge in [-0.2, -0.15) is 0 Å². The monoisotopic (exact) mass is 300 g/mol. The average molecular weight is 300 g/mol. The van der Waals surface area contributed by atoms with Crippen molar-refractivity contribution < 1.29 is 9.53 Å². The smallest absolute Gasteiger partial charge is 0.230 e. The normalized spacial score (nSPS) is 33.0. The molecule has 0 radical (unpaired) electrons. The first-order valence-electron chi connectivity index (χ1n) is 8.47. The van der Waals surface area contributed by atoms with Gasteiger partial charge in [0.2, 0.25) is 5.91 Å². The number of fused-ring (bicyclic) bond motifs is 3. The summed E-state index contributed by atoms with van der Waals surface area (Å²) in [7, 11) is 2.00. The predicted molar refractivity (Wildman–Crippen MR) is 85.0 cm³/mol. The summed E-state index contributed by atoms with van der Waals surface area (Å²) in [6.07, 6.45) is 5.53. The highest BCUT2D eigenvalue weighted by Gasteiger charge is 2.38. The maximum absolute atomic E-state index is 13.0. The van der Waals surface area contributed by atoms with Gasteiger partial charge < -0.3 is 15.0 Å². The minimum atomic E-state index is -0.0394. The number of hydrogen-bond donors (Lipinski definition) is 1. The van der Waals surface area contributed by atoms with E-state index in [4.69, 9.17) is 4.74 Å². The van der Waals surface area contributed by atoms with Crippen LogP contribution in [0.4, 0.5) is 0 Å².